The summed E-state index contributed by atoms with van der Waals surface area (Å²) in [5, 5.41) is 3.87. The molecule has 6 heteroatoms. The maximum absolute atomic E-state index is 13.9. The van der Waals surface area contributed by atoms with E-state index in [4.69, 9.17) is 15.0 Å². The molecule has 3 rings (SSSR count). The minimum Gasteiger partial charge on any atom is -0.496 e. The first kappa shape index (κ1) is 13.1. The molecule has 3 aromatic rings. The molecule has 0 spiro atoms. The number of hydrogen-bond donors (Lipinski definition) is 1. The first-order chi connectivity index (χ1) is 10.2. The molecule has 0 unspecified atom stereocenters. The molecular formula is C15H12FN3O2. The number of nitrogens with zero attached hydrogens (tertiary/aromatic N) is 2. The summed E-state index contributed by atoms with van der Waals surface area (Å²) in [5.41, 5.74) is 6.77. The summed E-state index contributed by atoms with van der Waals surface area (Å²) in [7, 11) is 1.55. The first-order valence-electron chi connectivity index (χ1n) is 6.22. The lowest BCUT2D eigenvalue weighted by Gasteiger charge is -2.03. The number of nitrogens with two attached hydrogens (primary N) is 1. The van der Waals surface area contributed by atoms with Crippen molar-refractivity contribution in [2.24, 2.45) is 0 Å². The van der Waals surface area contributed by atoms with Crippen molar-refractivity contribution in [3.63, 3.8) is 0 Å². The molecule has 5 nitrogen and oxygen atoms in total. The smallest absolute Gasteiger partial charge is 0.263 e. The first-order valence-corrected chi connectivity index (χ1v) is 6.22. The molecule has 2 N–H and O–H groups in total. The van der Waals surface area contributed by atoms with Crippen molar-refractivity contribution in [1.29, 1.82) is 0 Å². The molecule has 0 fully saturated rings. The maximum Gasteiger partial charge on any atom is 0.263 e. The van der Waals surface area contributed by atoms with Crippen molar-refractivity contribution < 1.29 is 13.7 Å². The summed E-state index contributed by atoms with van der Waals surface area (Å²) < 4.78 is 24.2. The average Bonchev–Trinajstić information content (AvgIpc) is 2.96. The normalized spacial score (nSPS) is 10.6. The van der Waals surface area contributed by atoms with E-state index in [-0.39, 0.29) is 17.1 Å². The summed E-state index contributed by atoms with van der Waals surface area (Å²) in [6.45, 7) is 0. The Morgan fingerprint density at radius 3 is 2.71 bits per heavy atom. The average molecular weight is 285 g/mol. The van der Waals surface area contributed by atoms with Crippen molar-refractivity contribution in [1.82, 2.24) is 10.1 Å². The standard InChI is InChI=1S/C15H12FN3O2/c1-20-12-8-3-2-5-9(12)14-18-15(21-19-14)13-10(16)6-4-7-11(13)17/h2-8H,17H2,1H3. The second-order valence-corrected chi connectivity index (χ2v) is 4.33. The van der Waals surface area contributed by atoms with Gasteiger partial charge >= 0.3 is 0 Å². The van der Waals surface area contributed by atoms with Gasteiger partial charge in [0.1, 0.15) is 11.6 Å². The highest BCUT2D eigenvalue weighted by Gasteiger charge is 2.18. The van der Waals surface area contributed by atoms with Crippen LogP contribution in [-0.4, -0.2) is 17.3 Å². The number of halogens is 1. The predicted octanol–water partition coefficient (Wildman–Crippen LogP) is 3.13. The Labute approximate surface area is 120 Å². The fourth-order valence-electron chi connectivity index (χ4n) is 2.03. The van der Waals surface area contributed by atoms with Crippen molar-refractivity contribution in [2.75, 3.05) is 12.8 Å². The molecule has 0 saturated carbocycles. The molecule has 106 valence electrons. The second-order valence-electron chi connectivity index (χ2n) is 4.33. The third-order valence-electron chi connectivity index (χ3n) is 3.03. The Morgan fingerprint density at radius 1 is 1.14 bits per heavy atom. The zero-order chi connectivity index (χ0) is 14.8. The van der Waals surface area contributed by atoms with Crippen LogP contribution in [0.25, 0.3) is 22.8 Å². The maximum atomic E-state index is 13.9. The van der Waals surface area contributed by atoms with E-state index in [1.807, 2.05) is 12.1 Å². The molecular weight excluding hydrogens is 273 g/mol. The van der Waals surface area contributed by atoms with Crippen molar-refractivity contribution in [3.05, 3.63) is 48.3 Å². The number of hydrogen-bond acceptors (Lipinski definition) is 5. The van der Waals surface area contributed by atoms with Crippen molar-refractivity contribution in [2.45, 2.75) is 0 Å². The van der Waals surface area contributed by atoms with Gasteiger partial charge in [0.05, 0.1) is 18.2 Å². The van der Waals surface area contributed by atoms with Gasteiger partial charge < -0.3 is 15.0 Å². The number of rotatable bonds is 3. The number of aromatic nitrogens is 2. The summed E-state index contributed by atoms with van der Waals surface area (Å²) in [6, 6.07) is 11.6. The van der Waals surface area contributed by atoms with Gasteiger partial charge in [-0.25, -0.2) is 4.39 Å². The number of para-hydroxylation sites is 1. The quantitative estimate of drug-likeness (QED) is 0.748. The molecule has 0 aliphatic heterocycles. The van der Waals surface area contributed by atoms with Crippen LogP contribution in [-0.2, 0) is 0 Å². The van der Waals surface area contributed by atoms with Gasteiger partial charge in [0.2, 0.25) is 5.82 Å². The van der Waals surface area contributed by atoms with Crippen LogP contribution in [0.4, 0.5) is 10.1 Å². The number of methoxy groups -OCH3 is 1. The molecule has 0 bridgehead atoms. The van der Waals surface area contributed by atoms with Gasteiger partial charge in [0.15, 0.2) is 0 Å². The topological polar surface area (TPSA) is 74.2 Å². The summed E-state index contributed by atoms with van der Waals surface area (Å²) in [5.74, 6) is 0.438. The second kappa shape index (κ2) is 5.24. The number of benzene rings is 2. The monoisotopic (exact) mass is 285 g/mol. The van der Waals surface area contributed by atoms with E-state index < -0.39 is 5.82 Å². The van der Waals surface area contributed by atoms with E-state index in [2.05, 4.69) is 10.1 Å². The van der Waals surface area contributed by atoms with Gasteiger partial charge in [0.25, 0.3) is 5.89 Å². The van der Waals surface area contributed by atoms with Crippen LogP contribution >= 0.6 is 0 Å². The number of nitrogen functional groups attached to an aromatic ring is 1. The third kappa shape index (κ3) is 2.31. The van der Waals surface area contributed by atoms with Crippen molar-refractivity contribution >= 4 is 5.69 Å². The molecule has 2 aromatic carbocycles. The third-order valence-corrected chi connectivity index (χ3v) is 3.03. The molecule has 1 heterocycles. The summed E-state index contributed by atoms with van der Waals surface area (Å²) in [6.07, 6.45) is 0. The van der Waals surface area contributed by atoms with Crippen LogP contribution in [0, 0.1) is 5.82 Å². The van der Waals surface area contributed by atoms with Crippen LogP contribution in [0.3, 0.4) is 0 Å². The highest BCUT2D eigenvalue weighted by Crippen LogP contribution is 2.32. The van der Waals surface area contributed by atoms with Gasteiger partial charge in [-0.2, -0.15) is 4.98 Å². The Balaban J connectivity index is 2.09. The lowest BCUT2D eigenvalue weighted by molar-refractivity contribution is 0.413. The van der Waals surface area contributed by atoms with Crippen LogP contribution in [0.15, 0.2) is 47.0 Å². The van der Waals surface area contributed by atoms with Crippen LogP contribution in [0.1, 0.15) is 0 Å². The molecule has 21 heavy (non-hydrogen) atoms. The van der Waals surface area contributed by atoms with E-state index >= 15 is 0 Å². The number of anilines is 1. The molecule has 0 atom stereocenters. The Bertz CT molecular complexity index is 766. The summed E-state index contributed by atoms with van der Waals surface area (Å²) >= 11 is 0. The van der Waals surface area contributed by atoms with E-state index in [9.17, 15) is 4.39 Å². The lowest BCUT2D eigenvalue weighted by Crippen LogP contribution is -1.93. The zero-order valence-corrected chi connectivity index (χ0v) is 11.2. The van der Waals surface area contributed by atoms with Crippen LogP contribution in [0.5, 0.6) is 5.75 Å². The molecule has 0 radical (unpaired) electrons. The van der Waals surface area contributed by atoms with E-state index in [1.165, 1.54) is 12.1 Å². The highest BCUT2D eigenvalue weighted by atomic mass is 19.1. The summed E-state index contributed by atoms with van der Waals surface area (Å²) in [4.78, 5) is 4.20. The van der Waals surface area contributed by atoms with Crippen LogP contribution in [0.2, 0.25) is 0 Å². The van der Waals surface area contributed by atoms with Gasteiger partial charge in [-0.05, 0) is 24.3 Å². The van der Waals surface area contributed by atoms with Gasteiger partial charge in [-0.1, -0.05) is 23.4 Å². The highest BCUT2D eigenvalue weighted by molar-refractivity contribution is 5.73. The fourth-order valence-corrected chi connectivity index (χ4v) is 2.03. The Kier molecular flexibility index (Phi) is 3.27. The minimum atomic E-state index is -0.509. The van der Waals surface area contributed by atoms with Gasteiger partial charge in [-0.15, -0.1) is 0 Å². The minimum absolute atomic E-state index is 0.0338. The van der Waals surface area contributed by atoms with E-state index in [1.54, 1.807) is 25.3 Å². The molecule has 0 aliphatic rings. The van der Waals surface area contributed by atoms with Gasteiger partial charge in [0, 0.05) is 5.69 Å². The molecule has 1 aromatic heterocycles. The molecule has 0 aliphatic carbocycles. The molecule has 0 amide bonds. The Morgan fingerprint density at radius 2 is 1.95 bits per heavy atom. The SMILES string of the molecule is COc1ccccc1-c1noc(-c2c(N)cccc2F)n1. The zero-order valence-electron chi connectivity index (χ0n) is 11.2. The van der Waals surface area contributed by atoms with E-state index in [0.29, 0.717) is 17.1 Å². The van der Waals surface area contributed by atoms with Crippen molar-refractivity contribution in [3.8, 4) is 28.6 Å². The van der Waals surface area contributed by atoms with Gasteiger partial charge in [-0.3, -0.25) is 0 Å². The predicted molar refractivity (Wildman–Crippen MR) is 76.1 cm³/mol. The molecule has 0 saturated heterocycles. The Hall–Kier alpha value is -2.89. The largest absolute Gasteiger partial charge is 0.496 e. The lowest BCUT2D eigenvalue weighted by atomic mass is 10.1. The van der Waals surface area contributed by atoms with Crippen LogP contribution < -0.4 is 10.5 Å². The van der Waals surface area contributed by atoms with E-state index in [0.717, 1.165) is 0 Å². The fraction of sp³-hybridized carbons (Fsp3) is 0.0667. The number of ether oxygens (including phenoxy) is 1.